The number of hydrogen-bond acceptors (Lipinski definition) is 3. The van der Waals surface area contributed by atoms with Crippen LogP contribution in [0.1, 0.15) is 25.0 Å². The van der Waals surface area contributed by atoms with Gasteiger partial charge in [0.2, 0.25) is 0 Å². The molecule has 4 atom stereocenters. The molecule has 2 N–H and O–H groups in total. The van der Waals surface area contributed by atoms with Gasteiger partial charge in [-0.15, -0.1) is 0 Å². The van der Waals surface area contributed by atoms with Crippen molar-refractivity contribution in [3.8, 4) is 0 Å². The molecule has 3 heterocycles. The van der Waals surface area contributed by atoms with E-state index in [-0.39, 0.29) is 6.04 Å². The molecule has 4 nitrogen and oxygen atoms in total. The van der Waals surface area contributed by atoms with E-state index in [2.05, 4.69) is 5.10 Å². The first-order valence-corrected chi connectivity index (χ1v) is 6.12. The van der Waals surface area contributed by atoms with Crippen LogP contribution in [0.5, 0.6) is 0 Å². The maximum atomic E-state index is 6.28. The molecule has 4 heteroatoms. The molecule has 1 aromatic rings. The third kappa shape index (κ3) is 1.76. The quantitative estimate of drug-likeness (QED) is 0.823. The summed E-state index contributed by atoms with van der Waals surface area (Å²) >= 11 is 0. The van der Waals surface area contributed by atoms with Crippen molar-refractivity contribution in [1.29, 1.82) is 0 Å². The van der Waals surface area contributed by atoms with Crippen molar-refractivity contribution in [3.63, 3.8) is 0 Å². The lowest BCUT2D eigenvalue weighted by Crippen LogP contribution is -2.38. The topological polar surface area (TPSA) is 53.1 Å². The maximum Gasteiger partial charge on any atom is 0.0640 e. The van der Waals surface area contributed by atoms with Gasteiger partial charge in [0, 0.05) is 31.6 Å². The molecule has 0 aliphatic carbocycles. The summed E-state index contributed by atoms with van der Waals surface area (Å²) in [7, 11) is 1.94. The highest BCUT2D eigenvalue weighted by molar-refractivity contribution is 5.04. The molecule has 2 aliphatic heterocycles. The Morgan fingerprint density at radius 3 is 3.06 bits per heavy atom. The summed E-state index contributed by atoms with van der Waals surface area (Å²) in [5, 5.41) is 4.38. The minimum Gasteiger partial charge on any atom is -0.375 e. The van der Waals surface area contributed by atoms with Crippen LogP contribution in [0.2, 0.25) is 0 Å². The van der Waals surface area contributed by atoms with E-state index in [0.717, 1.165) is 18.5 Å². The van der Waals surface area contributed by atoms with Gasteiger partial charge in [-0.2, -0.15) is 5.10 Å². The summed E-state index contributed by atoms with van der Waals surface area (Å²) in [4.78, 5) is 0. The highest BCUT2D eigenvalue weighted by atomic mass is 16.5. The van der Waals surface area contributed by atoms with E-state index in [1.807, 2.05) is 24.0 Å². The van der Waals surface area contributed by atoms with Crippen LogP contribution in [0.4, 0.5) is 0 Å². The predicted octanol–water partition coefficient (Wildman–Crippen LogP) is 0.857. The highest BCUT2D eigenvalue weighted by Gasteiger charge is 2.43. The normalized spacial score (nSPS) is 34.5. The lowest BCUT2D eigenvalue weighted by atomic mass is 9.82. The number of hydrogen-bond donors (Lipinski definition) is 1. The Hall–Kier alpha value is -0.870. The first-order chi connectivity index (χ1) is 7.72. The summed E-state index contributed by atoms with van der Waals surface area (Å²) in [6.07, 6.45) is 7.34. The number of ether oxygens (including phenoxy) is 1. The fourth-order valence-corrected chi connectivity index (χ4v) is 3.09. The molecular weight excluding hydrogens is 202 g/mol. The van der Waals surface area contributed by atoms with E-state index in [1.54, 1.807) is 0 Å². The van der Waals surface area contributed by atoms with E-state index in [0.29, 0.717) is 18.1 Å². The van der Waals surface area contributed by atoms with Gasteiger partial charge >= 0.3 is 0 Å². The molecule has 2 bridgehead atoms. The van der Waals surface area contributed by atoms with Crippen molar-refractivity contribution in [2.24, 2.45) is 18.7 Å². The summed E-state index contributed by atoms with van der Waals surface area (Å²) in [5.41, 5.74) is 7.37. The largest absolute Gasteiger partial charge is 0.375 e. The number of aromatic nitrogens is 2. The predicted molar refractivity (Wildman–Crippen MR) is 60.9 cm³/mol. The minimum atomic E-state index is 0.199. The van der Waals surface area contributed by atoms with Crippen molar-refractivity contribution in [2.45, 2.75) is 43.9 Å². The fourth-order valence-electron chi connectivity index (χ4n) is 3.09. The van der Waals surface area contributed by atoms with E-state index in [4.69, 9.17) is 10.5 Å². The van der Waals surface area contributed by atoms with Crippen molar-refractivity contribution in [1.82, 2.24) is 9.78 Å². The maximum absolute atomic E-state index is 6.28. The van der Waals surface area contributed by atoms with Crippen LogP contribution in [0.3, 0.4) is 0 Å². The fraction of sp³-hybridized carbons (Fsp3) is 0.750. The van der Waals surface area contributed by atoms with Crippen molar-refractivity contribution in [3.05, 3.63) is 18.0 Å². The van der Waals surface area contributed by atoms with E-state index in [9.17, 15) is 0 Å². The van der Waals surface area contributed by atoms with Gasteiger partial charge in [0.15, 0.2) is 0 Å². The number of nitrogens with zero attached hydrogens (tertiary/aromatic N) is 2. The second-order valence-electron chi connectivity index (χ2n) is 5.12. The van der Waals surface area contributed by atoms with Crippen LogP contribution in [-0.2, 0) is 18.2 Å². The highest BCUT2D eigenvalue weighted by Crippen LogP contribution is 2.40. The number of rotatable bonds is 3. The van der Waals surface area contributed by atoms with Gasteiger partial charge in [-0.3, -0.25) is 4.68 Å². The zero-order chi connectivity index (χ0) is 11.1. The van der Waals surface area contributed by atoms with Gasteiger partial charge < -0.3 is 10.5 Å². The molecule has 0 amide bonds. The molecule has 2 aliphatic rings. The average Bonchev–Trinajstić information content (AvgIpc) is 2.93. The lowest BCUT2D eigenvalue weighted by molar-refractivity contribution is 0.0884. The van der Waals surface area contributed by atoms with Gasteiger partial charge in [0.1, 0.15) is 0 Å². The van der Waals surface area contributed by atoms with Gasteiger partial charge in [0.05, 0.1) is 17.9 Å². The summed E-state index contributed by atoms with van der Waals surface area (Å²) < 4.78 is 7.68. The zero-order valence-corrected chi connectivity index (χ0v) is 9.67. The van der Waals surface area contributed by atoms with Gasteiger partial charge in [0.25, 0.3) is 0 Å². The SMILES string of the molecule is Cn1ccc(CC(N)C2CC3CCC2O3)n1. The van der Waals surface area contributed by atoms with Crippen LogP contribution in [0, 0.1) is 5.92 Å². The van der Waals surface area contributed by atoms with E-state index >= 15 is 0 Å². The number of nitrogens with two attached hydrogens (primary N) is 1. The molecule has 88 valence electrons. The Labute approximate surface area is 95.8 Å². The van der Waals surface area contributed by atoms with Crippen LogP contribution < -0.4 is 5.73 Å². The lowest BCUT2D eigenvalue weighted by Gasteiger charge is -2.24. The number of aryl methyl sites for hydroxylation is 1. The molecule has 16 heavy (non-hydrogen) atoms. The molecule has 2 fully saturated rings. The second kappa shape index (κ2) is 3.86. The molecular formula is C12H19N3O. The second-order valence-corrected chi connectivity index (χ2v) is 5.12. The monoisotopic (exact) mass is 221 g/mol. The summed E-state index contributed by atoms with van der Waals surface area (Å²) in [5.74, 6) is 0.542. The van der Waals surface area contributed by atoms with E-state index in [1.165, 1.54) is 12.8 Å². The van der Waals surface area contributed by atoms with Gasteiger partial charge in [-0.1, -0.05) is 0 Å². The molecule has 3 rings (SSSR count). The molecule has 2 saturated heterocycles. The summed E-state index contributed by atoms with van der Waals surface area (Å²) in [6, 6.07) is 2.25. The number of fused-ring (bicyclic) bond motifs is 2. The Morgan fingerprint density at radius 2 is 2.50 bits per heavy atom. The Balaban J connectivity index is 1.63. The van der Waals surface area contributed by atoms with Crippen molar-refractivity contribution in [2.75, 3.05) is 0 Å². The van der Waals surface area contributed by atoms with Crippen molar-refractivity contribution >= 4 is 0 Å². The minimum absolute atomic E-state index is 0.199. The average molecular weight is 221 g/mol. The summed E-state index contributed by atoms with van der Waals surface area (Å²) in [6.45, 7) is 0. The van der Waals surface area contributed by atoms with Crippen LogP contribution in [0.15, 0.2) is 12.3 Å². The van der Waals surface area contributed by atoms with Crippen molar-refractivity contribution < 1.29 is 4.74 Å². The molecule has 0 saturated carbocycles. The third-order valence-electron chi connectivity index (χ3n) is 3.92. The first-order valence-electron chi connectivity index (χ1n) is 6.12. The molecule has 0 aromatic carbocycles. The Bertz CT molecular complexity index is 376. The molecule has 4 unspecified atom stereocenters. The molecule has 1 aromatic heterocycles. The Morgan fingerprint density at radius 1 is 1.62 bits per heavy atom. The van der Waals surface area contributed by atoms with Crippen LogP contribution in [0.25, 0.3) is 0 Å². The van der Waals surface area contributed by atoms with Crippen LogP contribution >= 0.6 is 0 Å². The first kappa shape index (κ1) is 10.3. The zero-order valence-electron chi connectivity index (χ0n) is 9.67. The van der Waals surface area contributed by atoms with Gasteiger partial charge in [-0.25, -0.2) is 0 Å². The van der Waals surface area contributed by atoms with Gasteiger partial charge in [-0.05, 0) is 25.3 Å². The van der Waals surface area contributed by atoms with E-state index < -0.39 is 0 Å². The molecule has 0 spiro atoms. The standard InChI is InChI=1S/C12H19N3O/c1-15-5-4-8(14-15)6-11(13)10-7-9-2-3-12(10)16-9/h4-5,9-12H,2-3,6-7,13H2,1H3. The smallest absolute Gasteiger partial charge is 0.0640 e. The third-order valence-corrected chi connectivity index (χ3v) is 3.92. The Kier molecular flexibility index (Phi) is 2.48. The van der Waals surface area contributed by atoms with Crippen LogP contribution in [-0.4, -0.2) is 28.0 Å². The molecule has 0 radical (unpaired) electrons.